The highest BCUT2D eigenvalue weighted by molar-refractivity contribution is 5.85. The van der Waals surface area contributed by atoms with Gasteiger partial charge in [-0.1, -0.05) is 12.1 Å². The Morgan fingerprint density at radius 2 is 2.17 bits per heavy atom. The van der Waals surface area contributed by atoms with Gasteiger partial charge in [-0.3, -0.25) is 4.79 Å². The van der Waals surface area contributed by atoms with E-state index in [1.807, 2.05) is 24.3 Å². The van der Waals surface area contributed by atoms with Crippen LogP contribution in [0.2, 0.25) is 0 Å². The van der Waals surface area contributed by atoms with Crippen molar-refractivity contribution in [1.29, 1.82) is 0 Å². The maximum Gasteiger partial charge on any atom is 0.326 e. The minimum Gasteiger partial charge on any atom is -0.488 e. The molecule has 1 aliphatic rings. The Morgan fingerprint density at radius 1 is 1.39 bits per heavy atom. The van der Waals surface area contributed by atoms with Crippen molar-refractivity contribution in [2.75, 3.05) is 5.32 Å². The number of para-hydroxylation sites is 1. The summed E-state index contributed by atoms with van der Waals surface area (Å²) in [5.41, 5.74) is 7.34. The Bertz CT molecular complexity index is 778. The molecule has 0 saturated heterocycles. The monoisotopic (exact) mass is 314 g/mol. The predicted molar refractivity (Wildman–Crippen MR) is 80.7 cm³/mol. The van der Waals surface area contributed by atoms with Gasteiger partial charge in [0.25, 0.3) is 0 Å². The van der Waals surface area contributed by atoms with Gasteiger partial charge < -0.3 is 20.9 Å². The van der Waals surface area contributed by atoms with Gasteiger partial charge in [0.1, 0.15) is 18.4 Å². The summed E-state index contributed by atoms with van der Waals surface area (Å²) >= 11 is 0. The molecule has 2 aromatic rings. The lowest BCUT2D eigenvalue weighted by atomic mass is 10.0. The second-order valence-corrected chi connectivity index (χ2v) is 5.06. The molecule has 8 heteroatoms. The number of nitrogens with two attached hydrogens (primary N) is 1. The Balaban J connectivity index is 1.92. The molecule has 118 valence electrons. The molecule has 0 bridgehead atoms. The number of carboxylic acids is 1. The van der Waals surface area contributed by atoms with Crippen LogP contribution >= 0.6 is 0 Å². The van der Waals surface area contributed by atoms with Gasteiger partial charge in [0.2, 0.25) is 11.9 Å². The Hall–Kier alpha value is -3.16. The number of hydrogen-bond acceptors (Lipinski definition) is 6. The summed E-state index contributed by atoms with van der Waals surface area (Å²) in [7, 11) is 0. The number of ether oxygens (including phenoxy) is 1. The van der Waals surface area contributed by atoms with Crippen LogP contribution in [0.25, 0.3) is 11.3 Å². The van der Waals surface area contributed by atoms with Crippen LogP contribution in [0.3, 0.4) is 0 Å². The summed E-state index contributed by atoms with van der Waals surface area (Å²) in [6, 6.07) is 6.24. The topological polar surface area (TPSA) is 127 Å². The number of hydrogen-bond donors (Lipinski definition) is 3. The minimum absolute atomic E-state index is 0.120. The van der Waals surface area contributed by atoms with Crippen molar-refractivity contribution in [3.05, 3.63) is 36.0 Å². The molecule has 1 aromatic heterocycles. The van der Waals surface area contributed by atoms with E-state index < -0.39 is 17.9 Å². The molecule has 8 nitrogen and oxygen atoms in total. The van der Waals surface area contributed by atoms with Crippen molar-refractivity contribution in [2.45, 2.75) is 19.1 Å². The first-order chi connectivity index (χ1) is 11.0. The first kappa shape index (κ1) is 14.8. The lowest BCUT2D eigenvalue weighted by Gasteiger charge is -2.20. The molecule has 1 amide bonds. The van der Waals surface area contributed by atoms with Crippen LogP contribution in [0, 0.1) is 0 Å². The van der Waals surface area contributed by atoms with E-state index in [-0.39, 0.29) is 12.4 Å². The summed E-state index contributed by atoms with van der Waals surface area (Å²) in [6.07, 6.45) is 1.22. The molecule has 3 rings (SSSR count). The van der Waals surface area contributed by atoms with E-state index in [2.05, 4.69) is 15.3 Å². The molecule has 1 aliphatic heterocycles. The molecule has 1 atom stereocenters. The smallest absolute Gasteiger partial charge is 0.326 e. The third kappa shape index (κ3) is 3.05. The quantitative estimate of drug-likeness (QED) is 0.744. The zero-order chi connectivity index (χ0) is 16.4. The molecule has 0 aliphatic carbocycles. The first-order valence-corrected chi connectivity index (χ1v) is 6.90. The summed E-state index contributed by atoms with van der Waals surface area (Å²) in [5.74, 6) is -1.10. The van der Waals surface area contributed by atoms with Crippen LogP contribution in [0.5, 0.6) is 5.75 Å². The van der Waals surface area contributed by atoms with E-state index in [4.69, 9.17) is 15.6 Å². The van der Waals surface area contributed by atoms with Crippen LogP contribution in [0.4, 0.5) is 5.95 Å². The molecule has 0 spiro atoms. The van der Waals surface area contributed by atoms with Gasteiger partial charge in [-0.05, 0) is 12.1 Å². The highest BCUT2D eigenvalue weighted by Gasteiger charge is 2.23. The number of primary amides is 1. The number of carbonyl (C=O) groups excluding carboxylic acids is 1. The van der Waals surface area contributed by atoms with Crippen molar-refractivity contribution in [1.82, 2.24) is 9.97 Å². The molecule has 0 saturated carbocycles. The first-order valence-electron chi connectivity index (χ1n) is 6.90. The van der Waals surface area contributed by atoms with Gasteiger partial charge >= 0.3 is 5.97 Å². The molecule has 0 fully saturated rings. The van der Waals surface area contributed by atoms with Crippen molar-refractivity contribution in [3.8, 4) is 17.0 Å². The normalized spacial score (nSPS) is 13.2. The maximum absolute atomic E-state index is 11.2. The molecule has 1 aromatic carbocycles. The minimum atomic E-state index is -1.20. The Labute approximate surface area is 131 Å². The van der Waals surface area contributed by atoms with Gasteiger partial charge in [0.05, 0.1) is 12.1 Å². The fourth-order valence-corrected chi connectivity index (χ4v) is 2.32. The number of aliphatic carboxylic acids is 1. The zero-order valence-corrected chi connectivity index (χ0v) is 12.0. The van der Waals surface area contributed by atoms with Crippen molar-refractivity contribution in [3.63, 3.8) is 0 Å². The fraction of sp³-hybridized carbons (Fsp3) is 0.200. The largest absolute Gasteiger partial charge is 0.488 e. The number of rotatable bonds is 5. The Kier molecular flexibility index (Phi) is 3.80. The van der Waals surface area contributed by atoms with Crippen LogP contribution in [0.1, 0.15) is 12.0 Å². The standard InChI is InChI=1S/C15H14N4O4/c16-12(20)5-10(14(21)22)18-15-17-6-8-7-23-11-4-2-1-3-9(11)13(8)19-15/h1-4,6,10H,5,7H2,(H2,16,20)(H,21,22)(H,17,18,19)/t10-/m0/s1. The van der Waals surface area contributed by atoms with Gasteiger partial charge in [-0.2, -0.15) is 0 Å². The van der Waals surface area contributed by atoms with Crippen molar-refractivity contribution in [2.24, 2.45) is 5.73 Å². The molecule has 0 radical (unpaired) electrons. The van der Waals surface area contributed by atoms with Crippen LogP contribution < -0.4 is 15.8 Å². The third-order valence-corrected chi connectivity index (χ3v) is 3.40. The van der Waals surface area contributed by atoms with Gasteiger partial charge in [0.15, 0.2) is 0 Å². The number of nitrogens with one attached hydrogen (secondary N) is 1. The number of carboxylic acid groups (broad SMARTS) is 1. The van der Waals surface area contributed by atoms with E-state index in [1.165, 1.54) is 0 Å². The number of amides is 1. The zero-order valence-electron chi connectivity index (χ0n) is 12.0. The molecular weight excluding hydrogens is 300 g/mol. The van der Waals surface area contributed by atoms with Crippen LogP contribution in [-0.2, 0) is 16.2 Å². The number of nitrogens with zero attached hydrogens (tertiary/aromatic N) is 2. The van der Waals surface area contributed by atoms with E-state index in [0.29, 0.717) is 18.1 Å². The highest BCUT2D eigenvalue weighted by Crippen LogP contribution is 2.35. The Morgan fingerprint density at radius 3 is 2.91 bits per heavy atom. The lowest BCUT2D eigenvalue weighted by Crippen LogP contribution is -2.34. The maximum atomic E-state index is 11.2. The average Bonchev–Trinajstić information content (AvgIpc) is 2.53. The molecular formula is C15H14N4O4. The fourth-order valence-electron chi connectivity index (χ4n) is 2.32. The summed E-state index contributed by atoms with van der Waals surface area (Å²) in [5, 5.41) is 11.8. The van der Waals surface area contributed by atoms with E-state index >= 15 is 0 Å². The summed E-state index contributed by atoms with van der Waals surface area (Å²) in [6.45, 7) is 0.344. The van der Waals surface area contributed by atoms with Crippen molar-refractivity contribution < 1.29 is 19.4 Å². The molecule has 23 heavy (non-hydrogen) atoms. The number of aromatic nitrogens is 2. The van der Waals surface area contributed by atoms with Gasteiger partial charge in [0, 0.05) is 17.3 Å². The molecule has 2 heterocycles. The number of fused-ring (bicyclic) bond motifs is 3. The average molecular weight is 314 g/mol. The van der Waals surface area contributed by atoms with Crippen LogP contribution in [0.15, 0.2) is 30.5 Å². The summed E-state index contributed by atoms with van der Waals surface area (Å²) in [4.78, 5) is 30.6. The van der Waals surface area contributed by atoms with E-state index in [9.17, 15) is 9.59 Å². The third-order valence-electron chi connectivity index (χ3n) is 3.40. The lowest BCUT2D eigenvalue weighted by molar-refractivity contribution is -0.139. The molecule has 4 N–H and O–H groups in total. The molecule has 0 unspecified atom stereocenters. The number of carbonyl (C=O) groups is 2. The number of anilines is 1. The number of benzene rings is 1. The van der Waals surface area contributed by atoms with Crippen molar-refractivity contribution >= 4 is 17.8 Å². The second-order valence-electron chi connectivity index (χ2n) is 5.06. The second kappa shape index (κ2) is 5.91. The van der Waals surface area contributed by atoms with E-state index in [1.54, 1.807) is 6.20 Å². The van der Waals surface area contributed by atoms with Crippen LogP contribution in [-0.4, -0.2) is 33.0 Å². The predicted octanol–water partition coefficient (Wildman–Crippen LogP) is 0.776. The SMILES string of the molecule is NC(=O)C[C@H](Nc1ncc2c(n1)-c1ccccc1OC2)C(=O)O. The van der Waals surface area contributed by atoms with E-state index in [0.717, 1.165) is 11.1 Å². The van der Waals surface area contributed by atoms with Gasteiger partial charge in [-0.25, -0.2) is 14.8 Å². The highest BCUT2D eigenvalue weighted by atomic mass is 16.5. The van der Waals surface area contributed by atoms with Gasteiger partial charge in [-0.15, -0.1) is 0 Å². The summed E-state index contributed by atoms with van der Waals surface area (Å²) < 4.78 is 5.61.